The molecule has 0 aromatic rings. The van der Waals surface area contributed by atoms with Crippen LogP contribution in [0.1, 0.15) is 26.7 Å². The van der Waals surface area contributed by atoms with Crippen LogP contribution in [0.2, 0.25) is 0 Å². The standard InChI is InChI=1S/C13H24N2O4/c1-4-5-11(13(19)14-7-10(3)17)6-12(18)15-9(2)8-16/h4,9-11,16-17H,1,5-8H2,2-3H3,(H,14,19)(H,15,18)/t9-,10-,11+/m0/s1. The van der Waals surface area contributed by atoms with Crippen molar-refractivity contribution in [2.75, 3.05) is 13.2 Å². The highest BCUT2D eigenvalue weighted by atomic mass is 16.3. The van der Waals surface area contributed by atoms with Crippen molar-refractivity contribution >= 4 is 11.8 Å². The molecular weight excluding hydrogens is 248 g/mol. The van der Waals surface area contributed by atoms with Crippen LogP contribution in [0.15, 0.2) is 12.7 Å². The Hall–Kier alpha value is -1.40. The van der Waals surface area contributed by atoms with Crippen LogP contribution < -0.4 is 10.6 Å². The Labute approximate surface area is 113 Å². The number of carbonyl (C=O) groups is 2. The molecule has 0 aliphatic carbocycles. The Morgan fingerprint density at radius 3 is 2.47 bits per heavy atom. The van der Waals surface area contributed by atoms with Crippen LogP contribution in [-0.2, 0) is 9.59 Å². The van der Waals surface area contributed by atoms with E-state index in [4.69, 9.17) is 10.2 Å². The van der Waals surface area contributed by atoms with Gasteiger partial charge >= 0.3 is 0 Å². The van der Waals surface area contributed by atoms with Gasteiger partial charge in [-0.05, 0) is 20.3 Å². The highest BCUT2D eigenvalue weighted by Crippen LogP contribution is 2.10. The van der Waals surface area contributed by atoms with Crippen LogP contribution >= 0.6 is 0 Å². The number of allylic oxidation sites excluding steroid dienone is 1. The molecule has 0 radical (unpaired) electrons. The van der Waals surface area contributed by atoms with E-state index in [-0.39, 0.29) is 37.4 Å². The number of hydrogen-bond donors (Lipinski definition) is 4. The van der Waals surface area contributed by atoms with Crippen molar-refractivity contribution in [2.45, 2.75) is 38.8 Å². The summed E-state index contributed by atoms with van der Waals surface area (Å²) in [5.74, 6) is -1.09. The molecule has 0 unspecified atom stereocenters. The Kier molecular flexibility index (Phi) is 8.82. The molecule has 0 saturated carbocycles. The van der Waals surface area contributed by atoms with E-state index in [0.717, 1.165) is 0 Å². The van der Waals surface area contributed by atoms with Gasteiger partial charge in [-0.1, -0.05) is 6.08 Å². The minimum Gasteiger partial charge on any atom is -0.394 e. The first-order valence-corrected chi connectivity index (χ1v) is 6.37. The van der Waals surface area contributed by atoms with Gasteiger partial charge in [0.1, 0.15) is 0 Å². The molecule has 0 heterocycles. The van der Waals surface area contributed by atoms with Crippen molar-refractivity contribution in [3.8, 4) is 0 Å². The molecule has 110 valence electrons. The maximum Gasteiger partial charge on any atom is 0.224 e. The van der Waals surface area contributed by atoms with Gasteiger partial charge in [0, 0.05) is 19.0 Å². The molecule has 2 amide bonds. The lowest BCUT2D eigenvalue weighted by Crippen LogP contribution is -2.40. The van der Waals surface area contributed by atoms with Crippen LogP contribution in [0.4, 0.5) is 0 Å². The SMILES string of the molecule is C=CC[C@H](CC(=O)N[C@@H](C)CO)C(=O)NC[C@H](C)O. The zero-order chi connectivity index (χ0) is 14.8. The summed E-state index contributed by atoms with van der Waals surface area (Å²) in [6.45, 7) is 6.81. The molecule has 19 heavy (non-hydrogen) atoms. The molecule has 0 aromatic heterocycles. The summed E-state index contributed by atoms with van der Waals surface area (Å²) in [5.41, 5.74) is 0. The molecule has 3 atom stereocenters. The zero-order valence-electron chi connectivity index (χ0n) is 11.6. The largest absolute Gasteiger partial charge is 0.394 e. The first kappa shape index (κ1) is 17.6. The fraction of sp³-hybridized carbons (Fsp3) is 0.692. The van der Waals surface area contributed by atoms with E-state index in [1.165, 1.54) is 0 Å². The van der Waals surface area contributed by atoms with Gasteiger partial charge in [-0.15, -0.1) is 6.58 Å². The number of aliphatic hydroxyl groups excluding tert-OH is 2. The molecule has 0 rings (SSSR count). The molecule has 6 nitrogen and oxygen atoms in total. The molecule has 0 bridgehead atoms. The number of aliphatic hydroxyl groups is 2. The number of carbonyl (C=O) groups excluding carboxylic acids is 2. The van der Waals surface area contributed by atoms with Gasteiger partial charge in [-0.25, -0.2) is 0 Å². The zero-order valence-corrected chi connectivity index (χ0v) is 11.6. The summed E-state index contributed by atoms with van der Waals surface area (Å²) in [6, 6.07) is -0.336. The maximum absolute atomic E-state index is 11.8. The summed E-state index contributed by atoms with van der Waals surface area (Å²) < 4.78 is 0. The number of hydrogen-bond acceptors (Lipinski definition) is 4. The van der Waals surface area contributed by atoms with Crippen molar-refractivity contribution in [1.82, 2.24) is 10.6 Å². The molecule has 4 N–H and O–H groups in total. The molecule has 6 heteroatoms. The molecule has 0 aromatic carbocycles. The smallest absolute Gasteiger partial charge is 0.224 e. The van der Waals surface area contributed by atoms with Gasteiger partial charge in [-0.3, -0.25) is 9.59 Å². The third kappa shape index (κ3) is 8.34. The van der Waals surface area contributed by atoms with Crippen LogP contribution in [0.5, 0.6) is 0 Å². The average Bonchev–Trinajstić information content (AvgIpc) is 2.35. The summed E-state index contributed by atoms with van der Waals surface area (Å²) in [6.07, 6.45) is 1.36. The molecular formula is C13H24N2O4. The second-order valence-electron chi connectivity index (χ2n) is 4.67. The Morgan fingerprint density at radius 2 is 2.00 bits per heavy atom. The Bertz CT molecular complexity index is 305. The van der Waals surface area contributed by atoms with E-state index in [1.54, 1.807) is 19.9 Å². The summed E-state index contributed by atoms with van der Waals surface area (Å²) >= 11 is 0. The van der Waals surface area contributed by atoms with Crippen molar-refractivity contribution in [3.63, 3.8) is 0 Å². The summed E-state index contributed by atoms with van der Waals surface area (Å²) in [5, 5.41) is 23.1. The van der Waals surface area contributed by atoms with E-state index in [1.807, 2.05) is 0 Å². The third-order valence-corrected chi connectivity index (χ3v) is 2.51. The van der Waals surface area contributed by atoms with E-state index in [2.05, 4.69) is 17.2 Å². The summed E-state index contributed by atoms with van der Waals surface area (Å²) in [4.78, 5) is 23.5. The molecule has 0 aliphatic rings. The topological polar surface area (TPSA) is 98.7 Å². The fourth-order valence-corrected chi connectivity index (χ4v) is 1.48. The minimum atomic E-state index is -0.628. The van der Waals surface area contributed by atoms with Crippen molar-refractivity contribution in [1.29, 1.82) is 0 Å². The van der Waals surface area contributed by atoms with E-state index in [9.17, 15) is 9.59 Å². The van der Waals surface area contributed by atoms with E-state index in [0.29, 0.717) is 6.42 Å². The highest BCUT2D eigenvalue weighted by molar-refractivity contribution is 5.86. The van der Waals surface area contributed by atoms with Crippen LogP contribution in [-0.4, -0.2) is 47.3 Å². The number of nitrogens with one attached hydrogen (secondary N) is 2. The monoisotopic (exact) mass is 272 g/mol. The maximum atomic E-state index is 11.8. The van der Waals surface area contributed by atoms with E-state index < -0.39 is 12.0 Å². The molecule has 0 spiro atoms. The van der Waals surface area contributed by atoms with Gasteiger partial charge in [0.15, 0.2) is 0 Å². The highest BCUT2D eigenvalue weighted by Gasteiger charge is 2.21. The summed E-state index contributed by atoms with van der Waals surface area (Å²) in [7, 11) is 0. The lowest BCUT2D eigenvalue weighted by atomic mass is 9.99. The normalized spacial score (nSPS) is 15.2. The van der Waals surface area contributed by atoms with Gasteiger partial charge in [0.2, 0.25) is 11.8 Å². The average molecular weight is 272 g/mol. The number of rotatable bonds is 9. The van der Waals surface area contributed by atoms with Crippen LogP contribution in [0.3, 0.4) is 0 Å². The van der Waals surface area contributed by atoms with Crippen molar-refractivity contribution in [2.24, 2.45) is 5.92 Å². The van der Waals surface area contributed by atoms with Crippen LogP contribution in [0.25, 0.3) is 0 Å². The quantitative estimate of drug-likeness (QED) is 0.428. The lowest BCUT2D eigenvalue weighted by molar-refractivity contribution is -0.130. The van der Waals surface area contributed by atoms with Gasteiger partial charge in [-0.2, -0.15) is 0 Å². The number of amides is 2. The third-order valence-electron chi connectivity index (χ3n) is 2.51. The Balaban J connectivity index is 4.34. The second kappa shape index (κ2) is 9.52. The van der Waals surface area contributed by atoms with Gasteiger partial charge < -0.3 is 20.8 Å². The molecule has 0 aliphatic heterocycles. The predicted molar refractivity (Wildman–Crippen MR) is 72.3 cm³/mol. The molecule has 0 fully saturated rings. The Morgan fingerprint density at radius 1 is 1.37 bits per heavy atom. The van der Waals surface area contributed by atoms with Gasteiger partial charge in [0.05, 0.1) is 18.6 Å². The first-order chi connectivity index (χ1) is 8.90. The van der Waals surface area contributed by atoms with E-state index >= 15 is 0 Å². The van der Waals surface area contributed by atoms with Crippen molar-refractivity contribution in [3.05, 3.63) is 12.7 Å². The first-order valence-electron chi connectivity index (χ1n) is 6.37. The lowest BCUT2D eigenvalue weighted by Gasteiger charge is -2.17. The minimum absolute atomic E-state index is 0.0298. The molecule has 0 saturated heterocycles. The fourth-order valence-electron chi connectivity index (χ4n) is 1.48. The predicted octanol–water partition coefficient (Wildman–Crippen LogP) is -0.437. The second-order valence-corrected chi connectivity index (χ2v) is 4.67. The van der Waals surface area contributed by atoms with Crippen molar-refractivity contribution < 1.29 is 19.8 Å². The van der Waals surface area contributed by atoms with Crippen LogP contribution in [0, 0.1) is 5.92 Å². The van der Waals surface area contributed by atoms with Gasteiger partial charge in [0.25, 0.3) is 0 Å².